The first-order chi connectivity index (χ1) is 7.24. The molecule has 0 amide bonds. The summed E-state index contributed by atoms with van der Waals surface area (Å²) >= 11 is 3.37. The van der Waals surface area contributed by atoms with Gasteiger partial charge < -0.3 is 5.32 Å². The molecule has 1 N–H and O–H groups in total. The maximum absolute atomic E-state index is 12.7. The van der Waals surface area contributed by atoms with Gasteiger partial charge in [-0.05, 0) is 51.7 Å². The van der Waals surface area contributed by atoms with Crippen LogP contribution < -0.4 is 5.32 Å². The lowest BCUT2D eigenvalue weighted by atomic mass is 10.0. The fourth-order valence-electron chi connectivity index (χ4n) is 1.49. The monoisotopic (exact) mass is 267 g/mol. The van der Waals surface area contributed by atoms with Crippen LogP contribution in [-0.4, -0.2) is 6.54 Å². The molecule has 15 heavy (non-hydrogen) atoms. The molecule has 78 valence electrons. The minimum atomic E-state index is -0.183. The topological polar surface area (TPSA) is 12.0 Å². The molecule has 0 aromatic heterocycles. The molecule has 3 heteroatoms. The van der Waals surface area contributed by atoms with Crippen LogP contribution in [0.2, 0.25) is 0 Å². The van der Waals surface area contributed by atoms with Crippen molar-refractivity contribution >= 4 is 15.9 Å². The average molecular weight is 268 g/mol. The van der Waals surface area contributed by atoms with Crippen molar-refractivity contribution in [3.63, 3.8) is 0 Å². The summed E-state index contributed by atoms with van der Waals surface area (Å²) in [5.41, 5.74) is 2.43. The van der Waals surface area contributed by atoms with Gasteiger partial charge in [0.05, 0.1) is 4.61 Å². The highest BCUT2D eigenvalue weighted by atomic mass is 79.9. The molecule has 1 aliphatic heterocycles. The summed E-state index contributed by atoms with van der Waals surface area (Å²) in [7, 11) is 0. The number of hydrogen-bond acceptors (Lipinski definition) is 1. The van der Waals surface area contributed by atoms with E-state index < -0.39 is 0 Å². The first-order valence-corrected chi connectivity index (χ1v) is 5.57. The maximum Gasteiger partial charge on any atom is 0.123 e. The van der Waals surface area contributed by atoms with Crippen molar-refractivity contribution in [1.29, 1.82) is 0 Å². The van der Waals surface area contributed by atoms with Crippen LogP contribution in [-0.2, 0) is 6.42 Å². The Hall–Kier alpha value is -1.09. The van der Waals surface area contributed by atoms with Gasteiger partial charge in [-0.15, -0.1) is 0 Å². The zero-order chi connectivity index (χ0) is 10.7. The molecule has 2 rings (SSSR count). The second-order valence-electron chi connectivity index (χ2n) is 3.50. The van der Waals surface area contributed by atoms with Crippen LogP contribution in [0, 0.1) is 5.82 Å². The fraction of sp³-hybridized carbons (Fsp3) is 0.167. The quantitative estimate of drug-likeness (QED) is 0.812. The Balaban J connectivity index is 2.06. The van der Waals surface area contributed by atoms with E-state index in [4.69, 9.17) is 0 Å². The Kier molecular flexibility index (Phi) is 3.21. The van der Waals surface area contributed by atoms with Crippen LogP contribution in [0.15, 0.2) is 46.6 Å². The minimum Gasteiger partial charge on any atom is -0.376 e. The summed E-state index contributed by atoms with van der Waals surface area (Å²) in [5, 5.41) is 3.20. The molecule has 0 radical (unpaired) electrons. The fourth-order valence-corrected chi connectivity index (χ4v) is 1.77. The van der Waals surface area contributed by atoms with Crippen LogP contribution in [0.3, 0.4) is 0 Å². The smallest absolute Gasteiger partial charge is 0.123 e. The molecule has 0 saturated heterocycles. The van der Waals surface area contributed by atoms with E-state index in [1.807, 2.05) is 18.2 Å². The zero-order valence-electron chi connectivity index (χ0n) is 8.13. The van der Waals surface area contributed by atoms with Gasteiger partial charge in [-0.3, -0.25) is 0 Å². The molecule has 1 heterocycles. The van der Waals surface area contributed by atoms with Crippen LogP contribution >= 0.6 is 15.9 Å². The molecule has 0 bridgehead atoms. The Morgan fingerprint density at radius 3 is 2.53 bits per heavy atom. The van der Waals surface area contributed by atoms with Gasteiger partial charge in [-0.2, -0.15) is 0 Å². The van der Waals surface area contributed by atoms with Gasteiger partial charge in [-0.1, -0.05) is 18.2 Å². The highest BCUT2D eigenvalue weighted by molar-refractivity contribution is 9.11. The van der Waals surface area contributed by atoms with Crippen molar-refractivity contribution in [2.24, 2.45) is 0 Å². The van der Waals surface area contributed by atoms with Gasteiger partial charge in [-0.25, -0.2) is 4.39 Å². The molecule has 1 aliphatic rings. The normalized spacial score (nSPS) is 15.3. The zero-order valence-corrected chi connectivity index (χ0v) is 9.72. The minimum absolute atomic E-state index is 0.183. The van der Waals surface area contributed by atoms with E-state index in [0.717, 1.165) is 23.1 Å². The summed E-state index contributed by atoms with van der Waals surface area (Å²) in [5.74, 6) is -0.183. The third-order valence-corrected chi connectivity index (χ3v) is 2.84. The van der Waals surface area contributed by atoms with Crippen molar-refractivity contribution in [2.45, 2.75) is 6.42 Å². The van der Waals surface area contributed by atoms with Gasteiger partial charge in [0.1, 0.15) is 5.82 Å². The van der Waals surface area contributed by atoms with Crippen molar-refractivity contribution in [3.05, 3.63) is 58.0 Å². The molecule has 1 aromatic rings. The predicted molar refractivity (Wildman–Crippen MR) is 63.2 cm³/mol. The highest BCUT2D eigenvalue weighted by Crippen LogP contribution is 2.14. The van der Waals surface area contributed by atoms with E-state index in [-0.39, 0.29) is 5.82 Å². The van der Waals surface area contributed by atoms with E-state index in [2.05, 4.69) is 27.3 Å². The third kappa shape index (κ3) is 2.93. The van der Waals surface area contributed by atoms with Crippen LogP contribution in [0.1, 0.15) is 5.56 Å². The first kappa shape index (κ1) is 10.4. The number of dihydropyridines is 1. The molecule has 0 spiro atoms. The SMILES string of the molecule is Fc1ccc(CC2=CC=C(Br)NC2)cc1. The molecule has 1 nitrogen and oxygen atoms in total. The molecule has 1 aromatic carbocycles. The maximum atomic E-state index is 12.7. The van der Waals surface area contributed by atoms with E-state index in [1.54, 1.807) is 0 Å². The van der Waals surface area contributed by atoms with Crippen molar-refractivity contribution in [2.75, 3.05) is 6.54 Å². The lowest BCUT2D eigenvalue weighted by Crippen LogP contribution is -2.17. The van der Waals surface area contributed by atoms with E-state index in [0.29, 0.717) is 0 Å². The van der Waals surface area contributed by atoms with Gasteiger partial charge in [0.15, 0.2) is 0 Å². The first-order valence-electron chi connectivity index (χ1n) is 4.77. The second kappa shape index (κ2) is 4.62. The lowest BCUT2D eigenvalue weighted by Gasteiger charge is -2.13. The number of halogens is 2. The Labute approximate surface area is 96.8 Å². The number of nitrogens with one attached hydrogen (secondary N) is 1. The Morgan fingerprint density at radius 1 is 1.20 bits per heavy atom. The summed E-state index contributed by atoms with van der Waals surface area (Å²) in [6.07, 6.45) is 4.94. The molecule has 0 unspecified atom stereocenters. The summed E-state index contributed by atoms with van der Waals surface area (Å²) in [6.45, 7) is 0.842. The third-order valence-electron chi connectivity index (χ3n) is 2.29. The molecular formula is C12H11BrFN. The van der Waals surface area contributed by atoms with E-state index in [9.17, 15) is 4.39 Å². The van der Waals surface area contributed by atoms with Gasteiger partial charge >= 0.3 is 0 Å². The van der Waals surface area contributed by atoms with Crippen molar-refractivity contribution < 1.29 is 4.39 Å². The van der Waals surface area contributed by atoms with Crippen molar-refractivity contribution in [3.8, 4) is 0 Å². The summed E-state index contributed by atoms with van der Waals surface area (Å²) in [4.78, 5) is 0. The molecule has 0 aliphatic carbocycles. The molecular weight excluding hydrogens is 257 g/mol. The van der Waals surface area contributed by atoms with Crippen LogP contribution in [0.25, 0.3) is 0 Å². The largest absolute Gasteiger partial charge is 0.376 e. The Bertz CT molecular complexity index is 406. The average Bonchev–Trinajstić information content (AvgIpc) is 2.25. The van der Waals surface area contributed by atoms with E-state index >= 15 is 0 Å². The standard InChI is InChI=1S/C12H11BrFN/c13-12-6-3-10(8-15-12)7-9-1-4-11(14)5-2-9/h1-6,15H,7-8H2. The molecule has 0 atom stereocenters. The van der Waals surface area contributed by atoms with Crippen molar-refractivity contribution in [1.82, 2.24) is 5.32 Å². The number of allylic oxidation sites excluding steroid dienone is 2. The molecule has 0 fully saturated rings. The summed E-state index contributed by atoms with van der Waals surface area (Å²) < 4.78 is 13.7. The number of benzene rings is 1. The summed E-state index contributed by atoms with van der Waals surface area (Å²) in [6, 6.07) is 6.64. The highest BCUT2D eigenvalue weighted by Gasteiger charge is 2.04. The van der Waals surface area contributed by atoms with Crippen LogP contribution in [0.4, 0.5) is 4.39 Å². The van der Waals surface area contributed by atoms with Gasteiger partial charge in [0, 0.05) is 6.54 Å². The number of rotatable bonds is 2. The lowest BCUT2D eigenvalue weighted by molar-refractivity contribution is 0.627. The Morgan fingerprint density at radius 2 is 1.93 bits per heavy atom. The van der Waals surface area contributed by atoms with Gasteiger partial charge in [0.2, 0.25) is 0 Å². The van der Waals surface area contributed by atoms with Crippen LogP contribution in [0.5, 0.6) is 0 Å². The molecule has 0 saturated carbocycles. The predicted octanol–water partition coefficient (Wildman–Crippen LogP) is 3.13. The number of hydrogen-bond donors (Lipinski definition) is 1. The second-order valence-corrected chi connectivity index (χ2v) is 4.35. The van der Waals surface area contributed by atoms with Gasteiger partial charge in [0.25, 0.3) is 0 Å². The van der Waals surface area contributed by atoms with E-state index in [1.165, 1.54) is 17.7 Å².